The third-order valence-electron chi connectivity index (χ3n) is 3.62. The van der Waals surface area contributed by atoms with Crippen LogP contribution in [0.25, 0.3) is 10.6 Å². The molecule has 2 N–H and O–H groups in total. The van der Waals surface area contributed by atoms with E-state index in [0.29, 0.717) is 5.56 Å². The lowest BCUT2D eigenvalue weighted by Gasteiger charge is -2.23. The van der Waals surface area contributed by atoms with E-state index in [1.165, 1.54) is 0 Å². The first kappa shape index (κ1) is 14.2. The van der Waals surface area contributed by atoms with Gasteiger partial charge < -0.3 is 10.6 Å². The van der Waals surface area contributed by atoms with Gasteiger partial charge in [0.25, 0.3) is 5.91 Å². The third kappa shape index (κ3) is 3.49. The molecule has 1 fully saturated rings. The van der Waals surface area contributed by atoms with Crippen LogP contribution >= 0.6 is 11.3 Å². The molecule has 4 nitrogen and oxygen atoms in total. The highest BCUT2D eigenvalue weighted by Crippen LogP contribution is 2.24. The molecule has 21 heavy (non-hydrogen) atoms. The van der Waals surface area contributed by atoms with Crippen molar-refractivity contribution in [1.82, 2.24) is 15.6 Å². The van der Waals surface area contributed by atoms with Crippen LogP contribution in [0.4, 0.5) is 0 Å². The van der Waals surface area contributed by atoms with Gasteiger partial charge in [0.15, 0.2) is 0 Å². The first-order chi connectivity index (χ1) is 10.2. The Labute approximate surface area is 128 Å². The zero-order chi connectivity index (χ0) is 14.7. The van der Waals surface area contributed by atoms with Crippen LogP contribution in [0.5, 0.6) is 0 Å². The number of aromatic nitrogens is 1. The van der Waals surface area contributed by atoms with E-state index in [2.05, 4.69) is 15.6 Å². The fourth-order valence-corrected chi connectivity index (χ4v) is 3.32. The second-order valence-electron chi connectivity index (χ2n) is 5.39. The van der Waals surface area contributed by atoms with E-state index in [4.69, 9.17) is 0 Å². The molecule has 0 saturated carbocycles. The molecule has 0 radical (unpaired) electrons. The maximum absolute atomic E-state index is 12.3. The fraction of sp³-hybridized carbons (Fsp3) is 0.375. The number of nitrogens with one attached hydrogen (secondary N) is 2. The van der Waals surface area contributed by atoms with E-state index in [1.54, 1.807) is 11.3 Å². The molecule has 1 aromatic carbocycles. The van der Waals surface area contributed by atoms with Gasteiger partial charge in [-0.2, -0.15) is 0 Å². The number of benzene rings is 1. The smallest absolute Gasteiger partial charge is 0.251 e. The van der Waals surface area contributed by atoms with Crippen LogP contribution in [0, 0.1) is 6.92 Å². The van der Waals surface area contributed by atoms with Gasteiger partial charge in [-0.05, 0) is 38.4 Å². The van der Waals surface area contributed by atoms with Crippen LogP contribution in [0.3, 0.4) is 0 Å². The summed E-state index contributed by atoms with van der Waals surface area (Å²) in [6.07, 6.45) is 2.16. The molecule has 1 aliphatic rings. The summed E-state index contributed by atoms with van der Waals surface area (Å²) in [5, 5.41) is 9.39. The zero-order valence-corrected chi connectivity index (χ0v) is 12.9. The molecule has 0 aliphatic carbocycles. The Hall–Kier alpha value is -1.72. The third-order valence-corrected chi connectivity index (χ3v) is 4.63. The Morgan fingerprint density at radius 2 is 2.38 bits per heavy atom. The average Bonchev–Trinajstić information content (AvgIpc) is 2.95. The van der Waals surface area contributed by atoms with Gasteiger partial charge >= 0.3 is 0 Å². The van der Waals surface area contributed by atoms with Crippen LogP contribution in [0.1, 0.15) is 28.9 Å². The van der Waals surface area contributed by atoms with Gasteiger partial charge in [-0.3, -0.25) is 4.79 Å². The van der Waals surface area contributed by atoms with Gasteiger partial charge in [-0.25, -0.2) is 4.98 Å². The van der Waals surface area contributed by atoms with Crippen molar-refractivity contribution >= 4 is 17.2 Å². The number of nitrogens with zero attached hydrogens (tertiary/aromatic N) is 1. The van der Waals surface area contributed by atoms with E-state index < -0.39 is 0 Å². The topological polar surface area (TPSA) is 54.0 Å². The monoisotopic (exact) mass is 301 g/mol. The average molecular weight is 301 g/mol. The summed E-state index contributed by atoms with van der Waals surface area (Å²) in [4.78, 5) is 16.8. The summed E-state index contributed by atoms with van der Waals surface area (Å²) in [5.41, 5.74) is 2.71. The molecule has 2 aromatic rings. The van der Waals surface area contributed by atoms with Crippen molar-refractivity contribution in [3.8, 4) is 10.6 Å². The quantitative estimate of drug-likeness (QED) is 0.916. The summed E-state index contributed by atoms with van der Waals surface area (Å²) in [6, 6.07) is 7.92. The number of carbonyl (C=O) groups excluding carboxylic acids is 1. The molecule has 3 rings (SSSR count). The van der Waals surface area contributed by atoms with E-state index in [9.17, 15) is 4.79 Å². The summed E-state index contributed by atoms with van der Waals surface area (Å²) < 4.78 is 0. The van der Waals surface area contributed by atoms with Gasteiger partial charge in [0.05, 0.1) is 0 Å². The maximum Gasteiger partial charge on any atom is 0.251 e. The van der Waals surface area contributed by atoms with Crippen LogP contribution in [0.2, 0.25) is 0 Å². The molecule has 1 aliphatic heterocycles. The first-order valence-electron chi connectivity index (χ1n) is 7.26. The van der Waals surface area contributed by atoms with Gasteiger partial charge in [-0.1, -0.05) is 12.1 Å². The van der Waals surface area contributed by atoms with Crippen LogP contribution in [-0.4, -0.2) is 30.0 Å². The normalized spacial score (nSPS) is 18.4. The maximum atomic E-state index is 12.3. The fourth-order valence-electron chi connectivity index (χ4n) is 2.52. The summed E-state index contributed by atoms with van der Waals surface area (Å²) in [7, 11) is 0. The lowest BCUT2D eigenvalue weighted by molar-refractivity contribution is 0.0930. The molecule has 1 saturated heterocycles. The van der Waals surface area contributed by atoms with Crippen LogP contribution < -0.4 is 10.6 Å². The van der Waals surface area contributed by atoms with Crippen molar-refractivity contribution in [3.63, 3.8) is 0 Å². The van der Waals surface area contributed by atoms with Gasteiger partial charge in [-0.15, -0.1) is 11.3 Å². The first-order valence-corrected chi connectivity index (χ1v) is 8.14. The van der Waals surface area contributed by atoms with Gasteiger partial charge in [0, 0.05) is 34.8 Å². The van der Waals surface area contributed by atoms with E-state index in [-0.39, 0.29) is 11.9 Å². The highest BCUT2D eigenvalue weighted by Gasteiger charge is 2.16. The second kappa shape index (κ2) is 6.37. The molecule has 0 spiro atoms. The SMILES string of the molecule is Cc1csc(-c2cccc(C(=O)N[C@H]3CCCNC3)c2)n1. The number of aryl methyl sites for hydroxylation is 1. The molecule has 2 heterocycles. The standard InChI is InChI=1S/C16H19N3OS/c1-11-10-21-16(18-11)13-5-2-4-12(8-13)15(20)19-14-6-3-7-17-9-14/h2,4-5,8,10,14,17H,3,6-7,9H2,1H3,(H,19,20)/t14-/m0/s1. The molecular formula is C16H19N3OS. The molecule has 1 aromatic heterocycles. The van der Waals surface area contributed by atoms with Crippen molar-refractivity contribution < 1.29 is 4.79 Å². The van der Waals surface area contributed by atoms with Crippen molar-refractivity contribution in [2.45, 2.75) is 25.8 Å². The number of hydrogen-bond donors (Lipinski definition) is 2. The van der Waals surface area contributed by atoms with Gasteiger partial charge in [0.2, 0.25) is 0 Å². The van der Waals surface area contributed by atoms with Gasteiger partial charge in [0.1, 0.15) is 5.01 Å². The number of piperidine rings is 1. The Balaban J connectivity index is 1.74. The molecular weight excluding hydrogens is 282 g/mol. The highest BCUT2D eigenvalue weighted by molar-refractivity contribution is 7.13. The largest absolute Gasteiger partial charge is 0.348 e. The Kier molecular flexibility index (Phi) is 4.31. The molecule has 1 amide bonds. The number of thiazole rings is 1. The molecule has 1 atom stereocenters. The number of carbonyl (C=O) groups is 1. The minimum Gasteiger partial charge on any atom is -0.348 e. The zero-order valence-electron chi connectivity index (χ0n) is 12.1. The van der Waals surface area contributed by atoms with Crippen molar-refractivity contribution in [3.05, 3.63) is 40.9 Å². The highest BCUT2D eigenvalue weighted by atomic mass is 32.1. The van der Waals surface area contributed by atoms with Crippen LogP contribution in [0.15, 0.2) is 29.6 Å². The summed E-state index contributed by atoms with van der Waals surface area (Å²) in [5.74, 6) is -0.00109. The van der Waals surface area contributed by atoms with E-state index in [0.717, 1.165) is 42.2 Å². The van der Waals surface area contributed by atoms with E-state index in [1.807, 2.05) is 36.6 Å². The number of amides is 1. The molecule has 110 valence electrons. The minimum absolute atomic E-state index is 0.00109. The second-order valence-corrected chi connectivity index (χ2v) is 6.25. The molecule has 0 bridgehead atoms. The predicted octanol–water partition coefficient (Wildman–Crippen LogP) is 2.60. The van der Waals surface area contributed by atoms with Crippen molar-refractivity contribution in [1.29, 1.82) is 0 Å². The number of hydrogen-bond acceptors (Lipinski definition) is 4. The summed E-state index contributed by atoms with van der Waals surface area (Å²) >= 11 is 1.61. The lowest BCUT2D eigenvalue weighted by atomic mass is 10.1. The van der Waals surface area contributed by atoms with Crippen LogP contribution in [-0.2, 0) is 0 Å². The minimum atomic E-state index is -0.00109. The Morgan fingerprint density at radius 3 is 3.10 bits per heavy atom. The van der Waals surface area contributed by atoms with Crippen molar-refractivity contribution in [2.24, 2.45) is 0 Å². The Morgan fingerprint density at radius 1 is 1.48 bits per heavy atom. The lowest BCUT2D eigenvalue weighted by Crippen LogP contribution is -2.45. The summed E-state index contributed by atoms with van der Waals surface area (Å²) in [6.45, 7) is 3.88. The Bertz CT molecular complexity index is 632. The predicted molar refractivity (Wildman–Crippen MR) is 85.6 cm³/mol. The molecule has 5 heteroatoms. The number of rotatable bonds is 3. The van der Waals surface area contributed by atoms with E-state index >= 15 is 0 Å². The molecule has 0 unspecified atom stereocenters. The van der Waals surface area contributed by atoms with Crippen molar-refractivity contribution in [2.75, 3.05) is 13.1 Å².